The number of aliphatic hydroxyl groups is 7. The lowest BCUT2D eigenvalue weighted by Crippen LogP contribution is -2.66. The highest BCUT2D eigenvalue weighted by atomic mass is 16.6. The van der Waals surface area contributed by atoms with Crippen LogP contribution in [0.4, 0.5) is 0 Å². The van der Waals surface area contributed by atoms with Gasteiger partial charge in [0.1, 0.15) is 54.2 Å². The van der Waals surface area contributed by atoms with Crippen LogP contribution in [0.1, 0.15) is 37.5 Å². The number of benzene rings is 2. The van der Waals surface area contributed by atoms with Crippen molar-refractivity contribution in [1.82, 2.24) is 5.32 Å². The van der Waals surface area contributed by atoms with E-state index in [0.29, 0.717) is 0 Å². The Kier molecular flexibility index (Phi) is 10.0. The van der Waals surface area contributed by atoms with E-state index < -0.39 is 91.5 Å². The quantitative estimate of drug-likeness (QED) is 0.147. The first-order valence-electron chi connectivity index (χ1n) is 13.9. The number of nitrogens with one attached hydrogen (secondary N) is 1. The third-order valence-corrected chi connectivity index (χ3v) is 8.38. The Morgan fingerprint density at radius 3 is 2.18 bits per heavy atom. The number of carboxylic acids is 1. The molecule has 0 radical (unpaired) electrons. The lowest BCUT2D eigenvalue weighted by Gasteiger charge is -2.47. The Bertz CT molecular complexity index is 1370. The molecule has 4 rings (SSSR count). The maximum Gasteiger partial charge on any atom is 0.340 e. The molecular weight excluding hydrogens is 586 g/mol. The Balaban J connectivity index is 2.00. The van der Waals surface area contributed by atoms with Crippen molar-refractivity contribution in [2.24, 2.45) is 0 Å². The number of ether oxygens (including phenoxy) is 4. The monoisotopic (exact) mass is 625 g/mol. The summed E-state index contributed by atoms with van der Waals surface area (Å²) in [5.74, 6) is -2.06. The molecule has 244 valence electrons. The van der Waals surface area contributed by atoms with Gasteiger partial charge in [0.2, 0.25) is 5.91 Å². The SMILES string of the molecule is COc1ccc2c([C@]3(C(=O)O)C[C@H](O)[C@@H](NC(C)=O)[C@H]([C@H](O)[C@H](O)CO)O3)c(OC)ccc2c1[C@H]1O[C@@H](C)[C@@H](O)[C@@H](O)[C@@H]1O. The minimum Gasteiger partial charge on any atom is -0.496 e. The number of rotatable bonds is 9. The van der Waals surface area contributed by atoms with Gasteiger partial charge in [-0.05, 0) is 29.8 Å². The van der Waals surface area contributed by atoms with Crippen molar-refractivity contribution < 1.29 is 69.4 Å². The second kappa shape index (κ2) is 13.1. The molecule has 2 aromatic carbocycles. The molecule has 0 bridgehead atoms. The summed E-state index contributed by atoms with van der Waals surface area (Å²) in [6.45, 7) is 1.71. The van der Waals surface area contributed by atoms with E-state index in [1.54, 1.807) is 6.07 Å². The van der Waals surface area contributed by atoms with Crippen LogP contribution < -0.4 is 14.8 Å². The van der Waals surface area contributed by atoms with Crippen LogP contribution in [0, 0.1) is 0 Å². The molecule has 9 N–H and O–H groups in total. The Morgan fingerprint density at radius 1 is 1.00 bits per heavy atom. The van der Waals surface area contributed by atoms with E-state index in [2.05, 4.69) is 5.32 Å². The Labute approximate surface area is 252 Å². The van der Waals surface area contributed by atoms with Crippen molar-refractivity contribution in [3.05, 3.63) is 35.4 Å². The van der Waals surface area contributed by atoms with Gasteiger partial charge in [-0.2, -0.15) is 0 Å². The number of carbonyl (C=O) groups excluding carboxylic acids is 1. The topological polar surface area (TPSA) is 245 Å². The van der Waals surface area contributed by atoms with E-state index >= 15 is 0 Å². The number of aliphatic carboxylic acids is 1. The number of amides is 1. The minimum absolute atomic E-state index is 0.00826. The molecular formula is C29H39NO14. The van der Waals surface area contributed by atoms with Crippen LogP contribution in [-0.4, -0.2) is 128 Å². The van der Waals surface area contributed by atoms with Gasteiger partial charge in [-0.3, -0.25) is 4.79 Å². The predicted octanol–water partition coefficient (Wildman–Crippen LogP) is -1.95. The molecule has 11 atom stereocenters. The summed E-state index contributed by atoms with van der Waals surface area (Å²) in [6.07, 6.45) is -14.6. The second-order valence-electron chi connectivity index (χ2n) is 11.1. The number of aliphatic hydroxyl groups excluding tert-OH is 7. The summed E-state index contributed by atoms with van der Waals surface area (Å²) >= 11 is 0. The van der Waals surface area contributed by atoms with Gasteiger partial charge in [0.25, 0.3) is 0 Å². The highest BCUT2D eigenvalue weighted by molar-refractivity contribution is 5.97. The fourth-order valence-electron chi connectivity index (χ4n) is 6.16. The fraction of sp³-hybridized carbons (Fsp3) is 0.586. The van der Waals surface area contributed by atoms with Crippen molar-refractivity contribution in [3.8, 4) is 11.5 Å². The highest BCUT2D eigenvalue weighted by Gasteiger charge is 2.57. The molecule has 0 unspecified atom stereocenters. The number of hydrogen-bond acceptors (Lipinski definition) is 13. The van der Waals surface area contributed by atoms with Gasteiger partial charge >= 0.3 is 5.97 Å². The van der Waals surface area contributed by atoms with Crippen LogP contribution in [0.5, 0.6) is 11.5 Å². The first-order chi connectivity index (χ1) is 20.7. The average Bonchev–Trinajstić information content (AvgIpc) is 3.00. The maximum absolute atomic E-state index is 13.2. The van der Waals surface area contributed by atoms with Crippen LogP contribution in [-0.2, 0) is 24.7 Å². The molecule has 2 aliphatic rings. The van der Waals surface area contributed by atoms with Gasteiger partial charge in [0, 0.05) is 24.5 Å². The van der Waals surface area contributed by atoms with Crippen LogP contribution >= 0.6 is 0 Å². The molecule has 2 fully saturated rings. The summed E-state index contributed by atoms with van der Waals surface area (Å²) in [5.41, 5.74) is -2.38. The molecule has 1 amide bonds. The van der Waals surface area contributed by atoms with Crippen LogP contribution in [0.25, 0.3) is 10.8 Å². The zero-order valence-corrected chi connectivity index (χ0v) is 24.5. The number of fused-ring (bicyclic) bond motifs is 1. The van der Waals surface area contributed by atoms with Crippen LogP contribution in [0.2, 0.25) is 0 Å². The van der Waals surface area contributed by atoms with Gasteiger partial charge in [-0.15, -0.1) is 0 Å². The van der Waals surface area contributed by atoms with Crippen molar-refractivity contribution in [3.63, 3.8) is 0 Å². The Morgan fingerprint density at radius 2 is 1.61 bits per heavy atom. The molecule has 0 saturated carbocycles. The third-order valence-electron chi connectivity index (χ3n) is 8.38. The first-order valence-corrected chi connectivity index (χ1v) is 13.9. The van der Waals surface area contributed by atoms with Gasteiger partial charge in [0.05, 0.1) is 39.1 Å². The number of carboxylic acid groups (broad SMARTS) is 1. The summed E-state index contributed by atoms with van der Waals surface area (Å²) in [7, 11) is 2.64. The van der Waals surface area contributed by atoms with E-state index in [1.807, 2.05) is 0 Å². The smallest absolute Gasteiger partial charge is 0.340 e. The van der Waals surface area contributed by atoms with Crippen LogP contribution in [0.3, 0.4) is 0 Å². The third kappa shape index (κ3) is 5.71. The molecule has 15 nitrogen and oxygen atoms in total. The molecule has 2 aromatic rings. The standard InChI is InChI=1S/C29H39NO14/c1-11-22(35)24(37)25(38)26(43-11)19-13-5-8-18(42-4)20(14(13)6-7-17(19)41-3)29(28(39)40)9-15(33)21(30-12(2)32)27(44-29)23(36)16(34)10-31/h5-8,11,15-16,21-27,31,33-38H,9-10H2,1-4H3,(H,30,32)(H,39,40)/t11-,15-,16+,21+,22+,23+,24+,25-,26+,27+,29-/m0/s1. The first kappa shape index (κ1) is 33.8. The number of carbonyl (C=O) groups is 2. The molecule has 2 saturated heterocycles. The minimum atomic E-state index is -2.47. The predicted molar refractivity (Wildman–Crippen MR) is 150 cm³/mol. The van der Waals surface area contributed by atoms with Crippen molar-refractivity contribution >= 4 is 22.6 Å². The second-order valence-corrected chi connectivity index (χ2v) is 11.1. The largest absolute Gasteiger partial charge is 0.496 e. The van der Waals surface area contributed by atoms with Crippen molar-refractivity contribution in [1.29, 1.82) is 0 Å². The summed E-state index contributed by atoms with van der Waals surface area (Å²) in [5, 5.41) is 87.3. The van der Waals surface area contributed by atoms with Gasteiger partial charge in [0.15, 0.2) is 5.60 Å². The number of hydrogen-bond donors (Lipinski definition) is 9. The van der Waals surface area contributed by atoms with E-state index in [4.69, 9.17) is 18.9 Å². The lowest BCUT2D eigenvalue weighted by atomic mass is 9.77. The Hall–Kier alpha value is -3.12. The summed E-state index contributed by atoms with van der Waals surface area (Å²) in [4.78, 5) is 25.2. The molecule has 0 aromatic heterocycles. The molecule has 15 heteroatoms. The normalized spacial score (nSPS) is 33.8. The average molecular weight is 626 g/mol. The summed E-state index contributed by atoms with van der Waals surface area (Å²) in [6, 6.07) is 4.54. The molecule has 2 heterocycles. The van der Waals surface area contributed by atoms with Gasteiger partial charge < -0.3 is 65.1 Å². The zero-order valence-electron chi connectivity index (χ0n) is 24.5. The van der Waals surface area contributed by atoms with E-state index in [9.17, 15) is 50.4 Å². The fourth-order valence-corrected chi connectivity index (χ4v) is 6.16. The molecule has 0 aliphatic carbocycles. The van der Waals surface area contributed by atoms with Gasteiger partial charge in [-0.1, -0.05) is 12.1 Å². The highest BCUT2D eigenvalue weighted by Crippen LogP contribution is 2.49. The van der Waals surface area contributed by atoms with E-state index in [-0.39, 0.29) is 33.4 Å². The molecule has 2 aliphatic heterocycles. The van der Waals surface area contributed by atoms with Crippen LogP contribution in [0.15, 0.2) is 24.3 Å². The molecule has 44 heavy (non-hydrogen) atoms. The number of methoxy groups -OCH3 is 2. The molecule has 0 spiro atoms. The summed E-state index contributed by atoms with van der Waals surface area (Å²) < 4.78 is 23.1. The van der Waals surface area contributed by atoms with Crippen molar-refractivity contribution in [2.45, 2.75) is 86.8 Å². The lowest BCUT2D eigenvalue weighted by molar-refractivity contribution is -0.233. The van der Waals surface area contributed by atoms with Gasteiger partial charge in [-0.25, -0.2) is 4.79 Å². The van der Waals surface area contributed by atoms with E-state index in [1.165, 1.54) is 39.3 Å². The zero-order chi connectivity index (χ0) is 32.7. The maximum atomic E-state index is 13.2. The van der Waals surface area contributed by atoms with Crippen molar-refractivity contribution in [2.75, 3.05) is 20.8 Å². The van der Waals surface area contributed by atoms with E-state index in [0.717, 1.165) is 6.92 Å².